The number of hydrogen-bond donors (Lipinski definition) is 1. The van der Waals surface area contributed by atoms with E-state index >= 15 is 0 Å². The van der Waals surface area contributed by atoms with Crippen molar-refractivity contribution in [1.82, 2.24) is 19.2 Å². The average molecular weight is 454 g/mol. The molecule has 7 heteroatoms. The van der Waals surface area contributed by atoms with Crippen molar-refractivity contribution in [3.8, 4) is 11.5 Å². The van der Waals surface area contributed by atoms with Crippen LogP contribution in [-0.2, 0) is 4.79 Å². The third-order valence-corrected chi connectivity index (χ3v) is 6.31. The van der Waals surface area contributed by atoms with E-state index in [1.165, 1.54) is 0 Å². The lowest BCUT2D eigenvalue weighted by molar-refractivity contribution is -0.121. The first-order chi connectivity index (χ1) is 16.6. The number of rotatable bonds is 5. The van der Waals surface area contributed by atoms with E-state index in [9.17, 15) is 9.59 Å². The van der Waals surface area contributed by atoms with Crippen LogP contribution in [0.2, 0.25) is 0 Å². The highest BCUT2D eigenvalue weighted by atomic mass is 16.2. The van der Waals surface area contributed by atoms with Crippen molar-refractivity contribution in [2.24, 2.45) is 5.92 Å². The Hall–Kier alpha value is -4.13. The number of likely N-dealkylation sites (tertiary alicyclic amines) is 1. The van der Waals surface area contributed by atoms with Crippen LogP contribution in [0.5, 0.6) is 0 Å². The van der Waals surface area contributed by atoms with E-state index < -0.39 is 0 Å². The molecule has 0 unspecified atom stereocenters. The van der Waals surface area contributed by atoms with Gasteiger partial charge in [0, 0.05) is 31.2 Å². The van der Waals surface area contributed by atoms with Gasteiger partial charge in [-0.25, -0.2) is 4.68 Å². The molecule has 1 fully saturated rings. The molecule has 0 spiro atoms. The Morgan fingerprint density at radius 2 is 1.71 bits per heavy atom. The van der Waals surface area contributed by atoms with Gasteiger partial charge in [0.15, 0.2) is 5.82 Å². The SMILES string of the molecule is Cc1ccccc1NC(=O)[C@@H]1CCCN(C(=O)c2cnn(-c3ccccc3)c2-n2cccc2)C1. The van der Waals surface area contributed by atoms with Crippen molar-refractivity contribution < 1.29 is 9.59 Å². The fraction of sp³-hybridized carbons (Fsp3) is 0.222. The molecule has 1 N–H and O–H groups in total. The maximum atomic E-state index is 13.7. The fourth-order valence-electron chi connectivity index (χ4n) is 4.47. The maximum Gasteiger partial charge on any atom is 0.259 e. The molecule has 0 bridgehead atoms. The number of benzene rings is 2. The summed E-state index contributed by atoms with van der Waals surface area (Å²) in [7, 11) is 0. The predicted octanol–water partition coefficient (Wildman–Crippen LogP) is 4.46. The van der Waals surface area contributed by atoms with Crippen LogP contribution in [0.15, 0.2) is 85.3 Å². The largest absolute Gasteiger partial charge is 0.338 e. The van der Waals surface area contributed by atoms with Gasteiger partial charge in [0.05, 0.1) is 17.8 Å². The van der Waals surface area contributed by atoms with Gasteiger partial charge in [0.1, 0.15) is 5.56 Å². The Bertz CT molecular complexity index is 1290. The van der Waals surface area contributed by atoms with Crippen molar-refractivity contribution in [3.05, 3.63) is 96.4 Å². The predicted molar refractivity (Wildman–Crippen MR) is 131 cm³/mol. The molecular formula is C27H27N5O2. The van der Waals surface area contributed by atoms with Gasteiger partial charge >= 0.3 is 0 Å². The standard InChI is InChI=1S/C27H27N5O2/c1-20-10-5-6-14-24(20)29-25(33)21-11-9-17-31(19-21)27(34)23-18-28-32(22-12-3-2-4-13-22)26(23)30-15-7-8-16-30/h2-8,10,12-16,18,21H,9,11,17,19H2,1H3,(H,29,33)/t21-/m1/s1. The van der Waals surface area contributed by atoms with E-state index in [1.807, 2.05) is 90.6 Å². The number of amides is 2. The second-order valence-corrected chi connectivity index (χ2v) is 8.61. The molecule has 34 heavy (non-hydrogen) atoms. The van der Waals surface area contributed by atoms with E-state index in [0.717, 1.165) is 29.8 Å². The number of nitrogens with one attached hydrogen (secondary N) is 1. The lowest BCUT2D eigenvalue weighted by Gasteiger charge is -2.32. The lowest BCUT2D eigenvalue weighted by atomic mass is 9.96. The molecule has 2 aromatic heterocycles. The summed E-state index contributed by atoms with van der Waals surface area (Å²) in [6, 6.07) is 21.3. The number of aryl methyl sites for hydroxylation is 1. The summed E-state index contributed by atoms with van der Waals surface area (Å²) in [5, 5.41) is 7.59. The van der Waals surface area contributed by atoms with Crippen LogP contribution in [0.25, 0.3) is 11.5 Å². The van der Waals surface area contributed by atoms with Gasteiger partial charge in [-0.3, -0.25) is 9.59 Å². The summed E-state index contributed by atoms with van der Waals surface area (Å²) in [5.74, 6) is 0.279. The average Bonchev–Trinajstić information content (AvgIpc) is 3.55. The van der Waals surface area contributed by atoms with E-state index in [2.05, 4.69) is 10.4 Å². The minimum absolute atomic E-state index is 0.0441. The van der Waals surface area contributed by atoms with Gasteiger partial charge < -0.3 is 14.8 Å². The summed E-state index contributed by atoms with van der Waals surface area (Å²) in [4.78, 5) is 28.4. The van der Waals surface area contributed by atoms with E-state index in [0.29, 0.717) is 24.5 Å². The lowest BCUT2D eigenvalue weighted by Crippen LogP contribution is -2.44. The summed E-state index contributed by atoms with van der Waals surface area (Å²) >= 11 is 0. The second kappa shape index (κ2) is 9.39. The van der Waals surface area contributed by atoms with Crippen molar-refractivity contribution >= 4 is 17.5 Å². The number of para-hydroxylation sites is 2. The zero-order chi connectivity index (χ0) is 23.5. The normalized spacial score (nSPS) is 15.8. The second-order valence-electron chi connectivity index (χ2n) is 8.61. The van der Waals surface area contributed by atoms with Crippen LogP contribution in [0, 0.1) is 12.8 Å². The Kier molecular flexibility index (Phi) is 5.99. The molecule has 0 aliphatic carbocycles. The van der Waals surface area contributed by atoms with Crippen LogP contribution in [0.4, 0.5) is 5.69 Å². The highest BCUT2D eigenvalue weighted by Gasteiger charge is 2.31. The number of anilines is 1. The minimum atomic E-state index is -0.253. The molecule has 2 amide bonds. The molecule has 3 heterocycles. The third kappa shape index (κ3) is 4.24. The smallest absolute Gasteiger partial charge is 0.259 e. The number of piperidine rings is 1. The maximum absolute atomic E-state index is 13.7. The van der Waals surface area contributed by atoms with Gasteiger partial charge in [-0.2, -0.15) is 5.10 Å². The highest BCUT2D eigenvalue weighted by Crippen LogP contribution is 2.25. The summed E-state index contributed by atoms with van der Waals surface area (Å²) < 4.78 is 3.68. The quantitative estimate of drug-likeness (QED) is 0.485. The summed E-state index contributed by atoms with van der Waals surface area (Å²) in [6.07, 6.45) is 6.98. The molecule has 172 valence electrons. The molecule has 1 atom stereocenters. The zero-order valence-corrected chi connectivity index (χ0v) is 19.1. The number of aromatic nitrogens is 3. The van der Waals surface area contributed by atoms with Gasteiger partial charge in [0.25, 0.3) is 5.91 Å². The van der Waals surface area contributed by atoms with Crippen molar-refractivity contribution in [1.29, 1.82) is 0 Å². The van der Waals surface area contributed by atoms with Crippen molar-refractivity contribution in [2.45, 2.75) is 19.8 Å². The molecule has 4 aromatic rings. The van der Waals surface area contributed by atoms with Crippen LogP contribution < -0.4 is 5.32 Å². The van der Waals surface area contributed by atoms with Crippen LogP contribution in [-0.4, -0.2) is 44.2 Å². The minimum Gasteiger partial charge on any atom is -0.338 e. The fourth-order valence-corrected chi connectivity index (χ4v) is 4.47. The van der Waals surface area contributed by atoms with E-state index in [4.69, 9.17) is 0 Å². The molecule has 1 aliphatic rings. The molecule has 0 saturated carbocycles. The number of hydrogen-bond acceptors (Lipinski definition) is 3. The Morgan fingerprint density at radius 3 is 2.47 bits per heavy atom. The molecule has 5 rings (SSSR count). The summed E-state index contributed by atoms with van der Waals surface area (Å²) in [6.45, 7) is 2.98. The molecule has 7 nitrogen and oxygen atoms in total. The van der Waals surface area contributed by atoms with Crippen LogP contribution >= 0.6 is 0 Å². The van der Waals surface area contributed by atoms with Gasteiger partial charge in [-0.15, -0.1) is 0 Å². The van der Waals surface area contributed by atoms with Gasteiger partial charge in [-0.05, 0) is 55.7 Å². The van der Waals surface area contributed by atoms with Crippen molar-refractivity contribution in [2.75, 3.05) is 18.4 Å². The topological polar surface area (TPSA) is 72.2 Å². The first kappa shape index (κ1) is 21.7. The third-order valence-electron chi connectivity index (χ3n) is 6.31. The monoisotopic (exact) mass is 453 g/mol. The zero-order valence-electron chi connectivity index (χ0n) is 19.1. The molecule has 1 saturated heterocycles. The molecular weight excluding hydrogens is 426 g/mol. The summed E-state index contributed by atoms with van der Waals surface area (Å²) in [5.41, 5.74) is 3.22. The molecule has 2 aromatic carbocycles. The number of carbonyl (C=O) groups is 2. The Labute approximate surface area is 198 Å². The van der Waals surface area contributed by atoms with Crippen LogP contribution in [0.3, 0.4) is 0 Å². The number of nitrogens with zero attached hydrogens (tertiary/aromatic N) is 4. The molecule has 0 radical (unpaired) electrons. The van der Waals surface area contributed by atoms with Gasteiger partial charge in [-0.1, -0.05) is 36.4 Å². The van der Waals surface area contributed by atoms with Crippen molar-refractivity contribution in [3.63, 3.8) is 0 Å². The Morgan fingerprint density at radius 1 is 0.971 bits per heavy atom. The molecule has 1 aliphatic heterocycles. The first-order valence-corrected chi connectivity index (χ1v) is 11.5. The van der Waals surface area contributed by atoms with Crippen LogP contribution in [0.1, 0.15) is 28.8 Å². The Balaban J connectivity index is 1.40. The first-order valence-electron chi connectivity index (χ1n) is 11.5. The highest BCUT2D eigenvalue weighted by molar-refractivity contribution is 5.98. The van der Waals surface area contributed by atoms with Gasteiger partial charge in [0.2, 0.25) is 5.91 Å². The number of carbonyl (C=O) groups excluding carboxylic acids is 2. The van der Waals surface area contributed by atoms with E-state index in [1.54, 1.807) is 15.8 Å². The van der Waals surface area contributed by atoms with E-state index in [-0.39, 0.29) is 17.7 Å².